The molecule has 0 unspecified atom stereocenters. The third-order valence-corrected chi connectivity index (χ3v) is 8.71. The highest BCUT2D eigenvalue weighted by Gasteiger charge is 2.38. The maximum Gasteiger partial charge on any atom is 0.471 e. The van der Waals surface area contributed by atoms with Gasteiger partial charge in [-0.25, -0.2) is 14.5 Å². The van der Waals surface area contributed by atoms with Crippen LogP contribution in [0.4, 0.5) is 22.8 Å². The minimum absolute atomic E-state index is 0.0251. The zero-order valence-corrected chi connectivity index (χ0v) is 33.3. The minimum atomic E-state index is -4.85. The molecule has 0 bridgehead atoms. The van der Waals surface area contributed by atoms with E-state index in [1.54, 1.807) is 83.3 Å². The molecule has 0 aliphatic heterocycles. The van der Waals surface area contributed by atoms with Crippen LogP contribution in [-0.4, -0.2) is 66.6 Å². The highest BCUT2D eigenvalue weighted by Crippen LogP contribution is 2.21. The third-order valence-electron chi connectivity index (χ3n) is 6.39. The first-order valence-electron chi connectivity index (χ1n) is 15.6. The van der Waals surface area contributed by atoms with Gasteiger partial charge in [-0.2, -0.15) is 39.4 Å². The highest BCUT2D eigenvalue weighted by molar-refractivity contribution is 9.08. The molecule has 0 aliphatic carbocycles. The van der Waals surface area contributed by atoms with Crippen molar-refractivity contribution in [3.63, 3.8) is 0 Å². The van der Waals surface area contributed by atoms with E-state index in [9.17, 15) is 27.6 Å². The van der Waals surface area contributed by atoms with Crippen molar-refractivity contribution in [3.05, 3.63) is 71.3 Å². The second kappa shape index (κ2) is 17.6. The molecule has 13 nitrogen and oxygen atoms in total. The number of rotatable bonds is 5. The molecule has 0 spiro atoms. The summed E-state index contributed by atoms with van der Waals surface area (Å²) in [6, 6.07) is 16.3. The standard InChI is InChI=1S/C17H23N3O4S.C9H6F3N3OS.C7H5BrN2S/c1-16(2,3)23-14(21)20(15(22)24-17(4,5)6)10-11-7-8-12-13(9-11)19-25-18-12;10-9(11,12)8(16)13-4-5-1-2-6-7(3-5)15-17-14-6;8-4-5-1-2-6-7(3-5)10-11-9-6/h7-9H,10H2,1-6H3;1-3H,4H2,(H,13,16);1-3H,4H2. The predicted molar refractivity (Wildman–Crippen MR) is 201 cm³/mol. The molecular formula is C33H34BrF3N8O5S3. The summed E-state index contributed by atoms with van der Waals surface area (Å²) < 4.78 is 70.9. The smallest absolute Gasteiger partial charge is 0.443 e. The number of nitrogens with zero attached hydrogens (tertiary/aromatic N) is 7. The van der Waals surface area contributed by atoms with Gasteiger partial charge in [0.15, 0.2) is 0 Å². The van der Waals surface area contributed by atoms with Gasteiger partial charge in [0.1, 0.15) is 44.3 Å². The molecule has 0 radical (unpaired) electrons. The third kappa shape index (κ3) is 12.9. The second-order valence-corrected chi connectivity index (χ2v) is 15.3. The Balaban J connectivity index is 0.000000192. The van der Waals surface area contributed by atoms with E-state index in [-0.39, 0.29) is 13.1 Å². The molecule has 282 valence electrons. The molecule has 6 aromatic rings. The quantitative estimate of drug-likeness (QED) is 0.165. The maximum atomic E-state index is 12.5. The van der Waals surface area contributed by atoms with Gasteiger partial charge in [-0.3, -0.25) is 4.79 Å². The number of hydrogen-bond acceptors (Lipinski definition) is 14. The van der Waals surface area contributed by atoms with Crippen molar-refractivity contribution in [2.75, 3.05) is 0 Å². The lowest BCUT2D eigenvalue weighted by atomic mass is 10.2. The summed E-state index contributed by atoms with van der Waals surface area (Å²) in [4.78, 5) is 36.5. The number of halogens is 4. The van der Waals surface area contributed by atoms with E-state index in [0.29, 0.717) is 16.6 Å². The van der Waals surface area contributed by atoms with Crippen molar-refractivity contribution in [1.29, 1.82) is 0 Å². The molecule has 53 heavy (non-hydrogen) atoms. The number of alkyl halides is 4. The van der Waals surface area contributed by atoms with Crippen molar-refractivity contribution in [3.8, 4) is 0 Å². The number of imide groups is 1. The fourth-order valence-corrected chi connectivity index (χ4v) is 5.98. The number of aromatic nitrogens is 6. The van der Waals surface area contributed by atoms with Crippen LogP contribution >= 0.6 is 51.1 Å². The van der Waals surface area contributed by atoms with Crippen molar-refractivity contribution in [2.45, 2.75) is 77.3 Å². The van der Waals surface area contributed by atoms with Gasteiger partial charge >= 0.3 is 24.3 Å². The fourth-order valence-electron chi connectivity index (χ4n) is 4.08. The average Bonchev–Trinajstić information content (AvgIpc) is 3.84. The van der Waals surface area contributed by atoms with E-state index >= 15 is 0 Å². The molecule has 3 amide bonds. The molecule has 3 aromatic heterocycles. The predicted octanol–water partition coefficient (Wildman–Crippen LogP) is 8.82. The Labute approximate surface area is 323 Å². The summed E-state index contributed by atoms with van der Waals surface area (Å²) in [7, 11) is 0. The lowest BCUT2D eigenvalue weighted by molar-refractivity contribution is -0.173. The first-order chi connectivity index (χ1) is 24.8. The average molecular weight is 856 g/mol. The van der Waals surface area contributed by atoms with Crippen LogP contribution < -0.4 is 5.32 Å². The molecule has 0 aliphatic rings. The largest absolute Gasteiger partial charge is 0.471 e. The SMILES string of the molecule is BrCc1ccc2nsnc2c1.CC(C)(C)OC(=O)N(Cc1ccc2nsnc2c1)C(=O)OC(C)(C)C.O=C(NCc1ccc2nsnc2c1)C(F)(F)F. The van der Waals surface area contributed by atoms with E-state index in [0.717, 1.165) is 61.3 Å². The molecule has 0 saturated heterocycles. The number of carbonyl (C=O) groups is 3. The van der Waals surface area contributed by atoms with E-state index in [4.69, 9.17) is 9.47 Å². The van der Waals surface area contributed by atoms with Crippen molar-refractivity contribution in [2.24, 2.45) is 0 Å². The molecule has 20 heteroatoms. The zero-order chi connectivity index (χ0) is 39.0. The summed E-state index contributed by atoms with van der Waals surface area (Å²) in [6.07, 6.45) is -6.36. The molecule has 0 saturated carbocycles. The molecule has 3 heterocycles. The molecule has 0 fully saturated rings. The zero-order valence-electron chi connectivity index (χ0n) is 29.2. The number of nitrogens with one attached hydrogen (secondary N) is 1. The Hall–Kier alpha value is -4.40. The van der Waals surface area contributed by atoms with Crippen LogP contribution in [0.1, 0.15) is 58.2 Å². The van der Waals surface area contributed by atoms with Gasteiger partial charge in [0.25, 0.3) is 0 Å². The van der Waals surface area contributed by atoms with Gasteiger partial charge in [0, 0.05) is 11.9 Å². The monoisotopic (exact) mass is 854 g/mol. The van der Waals surface area contributed by atoms with Crippen LogP contribution in [0.3, 0.4) is 0 Å². The van der Waals surface area contributed by atoms with Crippen LogP contribution in [0.5, 0.6) is 0 Å². The maximum absolute atomic E-state index is 12.5. The molecular weight excluding hydrogens is 822 g/mol. The lowest BCUT2D eigenvalue weighted by Crippen LogP contribution is -2.43. The number of hydrogen-bond donors (Lipinski definition) is 1. The van der Waals surface area contributed by atoms with Crippen molar-refractivity contribution >= 4 is 102 Å². The van der Waals surface area contributed by atoms with Crippen molar-refractivity contribution in [1.82, 2.24) is 36.5 Å². The van der Waals surface area contributed by atoms with Crippen LogP contribution in [-0.2, 0) is 32.7 Å². The van der Waals surface area contributed by atoms with Gasteiger partial charge in [0.05, 0.1) is 41.7 Å². The summed E-state index contributed by atoms with van der Waals surface area (Å²) in [6.45, 7) is 10.3. The molecule has 6 rings (SSSR count). The first-order valence-corrected chi connectivity index (χ1v) is 18.9. The Morgan fingerprint density at radius 2 is 1.02 bits per heavy atom. The Morgan fingerprint density at radius 1 is 0.642 bits per heavy atom. The molecule has 1 N–H and O–H groups in total. The molecule has 3 aromatic carbocycles. The molecule has 0 atom stereocenters. The van der Waals surface area contributed by atoms with E-state index in [2.05, 4.69) is 48.2 Å². The normalized spacial score (nSPS) is 11.7. The second-order valence-electron chi connectivity index (χ2n) is 13.1. The Kier molecular flexibility index (Phi) is 13.7. The number of carbonyl (C=O) groups excluding carboxylic acids is 3. The van der Waals surface area contributed by atoms with Crippen LogP contribution in [0, 0.1) is 0 Å². The van der Waals surface area contributed by atoms with Crippen LogP contribution in [0.15, 0.2) is 54.6 Å². The number of ether oxygens (including phenoxy) is 2. The Bertz CT molecular complexity index is 2150. The van der Waals surface area contributed by atoms with Crippen LogP contribution in [0.25, 0.3) is 33.1 Å². The van der Waals surface area contributed by atoms with Crippen LogP contribution in [0.2, 0.25) is 0 Å². The van der Waals surface area contributed by atoms with Gasteiger partial charge in [-0.15, -0.1) is 0 Å². The summed E-state index contributed by atoms with van der Waals surface area (Å²) in [5.74, 6) is -1.95. The van der Waals surface area contributed by atoms with E-state index in [1.807, 2.05) is 12.1 Å². The fraction of sp³-hybridized carbons (Fsp3) is 0.364. The minimum Gasteiger partial charge on any atom is -0.443 e. The lowest BCUT2D eigenvalue weighted by Gasteiger charge is -2.28. The summed E-state index contributed by atoms with van der Waals surface area (Å²) >= 11 is 6.78. The summed E-state index contributed by atoms with van der Waals surface area (Å²) in [5, 5.41) is 2.66. The summed E-state index contributed by atoms with van der Waals surface area (Å²) in [5.41, 5.74) is 5.83. The van der Waals surface area contributed by atoms with E-state index < -0.39 is 35.5 Å². The highest BCUT2D eigenvalue weighted by atomic mass is 79.9. The van der Waals surface area contributed by atoms with Crippen molar-refractivity contribution < 1.29 is 37.0 Å². The first kappa shape index (κ1) is 41.4. The number of amides is 3. The van der Waals surface area contributed by atoms with Gasteiger partial charge in [0.2, 0.25) is 0 Å². The van der Waals surface area contributed by atoms with Gasteiger partial charge in [-0.1, -0.05) is 34.1 Å². The topological polar surface area (TPSA) is 162 Å². The van der Waals surface area contributed by atoms with Gasteiger partial charge in [-0.05, 0) is 94.6 Å². The number of fused-ring (bicyclic) bond motifs is 3. The number of benzene rings is 3. The van der Waals surface area contributed by atoms with Gasteiger partial charge < -0.3 is 14.8 Å². The Morgan fingerprint density at radius 3 is 1.43 bits per heavy atom. The van der Waals surface area contributed by atoms with E-state index in [1.165, 1.54) is 17.3 Å².